The molecular weight excluding hydrogens is 334 g/mol. The summed E-state index contributed by atoms with van der Waals surface area (Å²) in [5.41, 5.74) is 2.02. The van der Waals surface area contributed by atoms with Gasteiger partial charge >= 0.3 is 0 Å². The molecule has 3 heterocycles. The molecule has 3 nitrogen and oxygen atoms in total. The summed E-state index contributed by atoms with van der Waals surface area (Å²) in [7, 11) is 0. The zero-order valence-corrected chi connectivity index (χ0v) is 14.4. The predicted molar refractivity (Wildman–Crippen MR) is 92.9 cm³/mol. The normalized spacial score (nSPS) is 12.3. The molecule has 3 aromatic heterocycles. The molecule has 0 aliphatic heterocycles. The van der Waals surface area contributed by atoms with Gasteiger partial charge in [-0.25, -0.2) is 0 Å². The third-order valence-electron chi connectivity index (χ3n) is 3.19. The van der Waals surface area contributed by atoms with Crippen LogP contribution in [0.4, 0.5) is 0 Å². The van der Waals surface area contributed by atoms with Crippen molar-refractivity contribution in [2.45, 2.75) is 19.6 Å². The number of nitrogens with one attached hydrogen (secondary N) is 1. The van der Waals surface area contributed by atoms with Crippen LogP contribution in [-0.2, 0) is 6.54 Å². The first kappa shape index (κ1) is 15.4. The monoisotopic (exact) mass is 349 g/mol. The Morgan fingerprint density at radius 3 is 2.86 bits per heavy atom. The second-order valence-electron chi connectivity index (χ2n) is 4.93. The van der Waals surface area contributed by atoms with Crippen molar-refractivity contribution in [3.05, 3.63) is 66.2 Å². The van der Waals surface area contributed by atoms with Crippen molar-refractivity contribution in [1.82, 2.24) is 5.32 Å². The van der Waals surface area contributed by atoms with Crippen molar-refractivity contribution in [2.75, 3.05) is 0 Å². The molecule has 0 spiro atoms. The number of carbonyl (C=O) groups is 1. The summed E-state index contributed by atoms with van der Waals surface area (Å²) >= 11 is 4.55. The summed E-state index contributed by atoms with van der Waals surface area (Å²) in [5, 5.41) is 19.1. The standard InChI is InChI=1S/C16H15NO2S3/c1-10-6-14(21-8-10)16(19)17-7-12-2-3-13(22-12)15(18)11-4-5-20-9-11/h2-6,8-9,15,18H,7H2,1H3,(H,17,19). The summed E-state index contributed by atoms with van der Waals surface area (Å²) in [6, 6.07) is 7.69. The Balaban J connectivity index is 1.61. The van der Waals surface area contributed by atoms with Crippen molar-refractivity contribution in [3.8, 4) is 0 Å². The molecule has 2 N–H and O–H groups in total. The molecule has 0 aliphatic carbocycles. The quantitative estimate of drug-likeness (QED) is 0.725. The minimum absolute atomic E-state index is 0.0496. The predicted octanol–water partition coefficient (Wildman–Crippen LogP) is 4.19. The maximum atomic E-state index is 12.0. The van der Waals surface area contributed by atoms with Crippen molar-refractivity contribution in [1.29, 1.82) is 0 Å². The summed E-state index contributed by atoms with van der Waals surface area (Å²) in [6.07, 6.45) is -0.583. The van der Waals surface area contributed by atoms with Crippen molar-refractivity contribution in [3.63, 3.8) is 0 Å². The van der Waals surface area contributed by atoms with Crippen LogP contribution in [0.25, 0.3) is 0 Å². The number of hydrogen-bond donors (Lipinski definition) is 2. The van der Waals surface area contributed by atoms with Crippen LogP contribution in [0.5, 0.6) is 0 Å². The van der Waals surface area contributed by atoms with Crippen LogP contribution in [0.15, 0.2) is 40.4 Å². The first-order valence-corrected chi connectivity index (χ1v) is 9.39. The van der Waals surface area contributed by atoms with Crippen LogP contribution in [0.1, 0.15) is 36.7 Å². The van der Waals surface area contributed by atoms with Crippen LogP contribution in [0.2, 0.25) is 0 Å². The molecule has 114 valence electrons. The molecule has 3 rings (SSSR count). The Morgan fingerprint density at radius 2 is 2.18 bits per heavy atom. The number of aryl methyl sites for hydroxylation is 1. The Kier molecular flexibility index (Phi) is 4.73. The average Bonchev–Trinajstić information content (AvgIpc) is 3.25. The van der Waals surface area contributed by atoms with Gasteiger partial charge in [0.05, 0.1) is 11.4 Å². The summed E-state index contributed by atoms with van der Waals surface area (Å²) < 4.78 is 0. The Morgan fingerprint density at radius 1 is 1.32 bits per heavy atom. The second kappa shape index (κ2) is 6.75. The van der Waals surface area contributed by atoms with Crippen molar-refractivity contribution < 1.29 is 9.90 Å². The van der Waals surface area contributed by atoms with Crippen LogP contribution >= 0.6 is 34.0 Å². The molecule has 0 radical (unpaired) electrons. The lowest BCUT2D eigenvalue weighted by Crippen LogP contribution is -2.21. The van der Waals surface area contributed by atoms with Crippen molar-refractivity contribution in [2.24, 2.45) is 0 Å². The van der Waals surface area contributed by atoms with E-state index in [-0.39, 0.29) is 5.91 Å². The molecule has 0 saturated heterocycles. The lowest BCUT2D eigenvalue weighted by atomic mass is 10.2. The molecule has 6 heteroatoms. The fraction of sp³-hybridized carbons (Fsp3) is 0.188. The Labute approximate surface area is 140 Å². The van der Waals surface area contributed by atoms with Gasteiger partial charge < -0.3 is 10.4 Å². The maximum Gasteiger partial charge on any atom is 0.261 e. The van der Waals surface area contributed by atoms with Gasteiger partial charge in [0.2, 0.25) is 0 Å². The number of aliphatic hydroxyl groups is 1. The van der Waals surface area contributed by atoms with Gasteiger partial charge in [0.25, 0.3) is 5.91 Å². The van der Waals surface area contributed by atoms with E-state index in [2.05, 4.69) is 5.32 Å². The zero-order chi connectivity index (χ0) is 15.5. The summed E-state index contributed by atoms with van der Waals surface area (Å²) in [5.74, 6) is -0.0496. The number of amides is 1. The van der Waals surface area contributed by atoms with E-state index in [1.165, 1.54) is 22.7 Å². The molecule has 0 bridgehead atoms. The van der Waals surface area contributed by atoms with Gasteiger partial charge in [-0.2, -0.15) is 11.3 Å². The molecular formula is C16H15NO2S3. The van der Waals surface area contributed by atoms with Gasteiger partial charge in [-0.3, -0.25) is 4.79 Å². The number of carbonyl (C=O) groups excluding carboxylic acids is 1. The fourth-order valence-corrected chi connectivity index (χ4v) is 4.50. The molecule has 0 aliphatic rings. The van der Waals surface area contributed by atoms with E-state index in [1.54, 1.807) is 11.3 Å². The number of thiophene rings is 3. The fourth-order valence-electron chi connectivity index (χ4n) is 2.04. The number of hydrogen-bond acceptors (Lipinski definition) is 5. The minimum atomic E-state index is -0.583. The molecule has 3 aromatic rings. The van der Waals surface area contributed by atoms with Gasteiger partial charge in [0.15, 0.2) is 0 Å². The minimum Gasteiger partial charge on any atom is -0.383 e. The molecule has 0 saturated carbocycles. The van der Waals surface area contributed by atoms with E-state index in [1.807, 2.05) is 47.3 Å². The van der Waals surface area contributed by atoms with E-state index < -0.39 is 6.10 Å². The van der Waals surface area contributed by atoms with E-state index in [0.29, 0.717) is 6.54 Å². The highest BCUT2D eigenvalue weighted by Gasteiger charge is 2.14. The van der Waals surface area contributed by atoms with Gasteiger partial charge in [-0.15, -0.1) is 22.7 Å². The Hall–Kier alpha value is -1.47. The highest BCUT2D eigenvalue weighted by Crippen LogP contribution is 2.29. The molecule has 22 heavy (non-hydrogen) atoms. The summed E-state index contributed by atoms with van der Waals surface area (Å²) in [4.78, 5) is 14.7. The third kappa shape index (κ3) is 3.47. The van der Waals surface area contributed by atoms with Crippen LogP contribution in [-0.4, -0.2) is 11.0 Å². The van der Waals surface area contributed by atoms with E-state index in [4.69, 9.17) is 0 Å². The van der Waals surface area contributed by atoms with Gasteiger partial charge in [0, 0.05) is 9.75 Å². The third-order valence-corrected chi connectivity index (χ3v) is 6.07. The summed E-state index contributed by atoms with van der Waals surface area (Å²) in [6.45, 7) is 2.46. The topological polar surface area (TPSA) is 49.3 Å². The lowest BCUT2D eigenvalue weighted by molar-refractivity contribution is 0.0955. The second-order valence-corrected chi connectivity index (χ2v) is 7.83. The highest BCUT2D eigenvalue weighted by atomic mass is 32.1. The van der Waals surface area contributed by atoms with Crippen LogP contribution < -0.4 is 5.32 Å². The smallest absolute Gasteiger partial charge is 0.261 e. The first-order chi connectivity index (χ1) is 10.6. The van der Waals surface area contributed by atoms with Crippen LogP contribution in [0.3, 0.4) is 0 Å². The average molecular weight is 350 g/mol. The number of aliphatic hydroxyl groups excluding tert-OH is 1. The van der Waals surface area contributed by atoms with Gasteiger partial charge in [-0.1, -0.05) is 0 Å². The van der Waals surface area contributed by atoms with E-state index in [9.17, 15) is 9.90 Å². The Bertz CT molecular complexity index is 758. The molecule has 0 fully saturated rings. The molecule has 1 atom stereocenters. The maximum absolute atomic E-state index is 12.0. The molecule has 0 aromatic carbocycles. The van der Waals surface area contributed by atoms with Crippen LogP contribution in [0, 0.1) is 6.92 Å². The SMILES string of the molecule is Cc1csc(C(=O)NCc2ccc(C(O)c3ccsc3)s2)c1. The lowest BCUT2D eigenvalue weighted by Gasteiger charge is -2.05. The molecule has 1 amide bonds. The van der Waals surface area contributed by atoms with E-state index in [0.717, 1.165) is 25.8 Å². The van der Waals surface area contributed by atoms with Gasteiger partial charge in [-0.05, 0) is 58.5 Å². The largest absolute Gasteiger partial charge is 0.383 e. The van der Waals surface area contributed by atoms with Gasteiger partial charge in [0.1, 0.15) is 6.10 Å². The van der Waals surface area contributed by atoms with Crippen molar-refractivity contribution >= 4 is 39.9 Å². The highest BCUT2D eigenvalue weighted by molar-refractivity contribution is 7.12. The number of rotatable bonds is 5. The van der Waals surface area contributed by atoms with E-state index >= 15 is 0 Å². The molecule has 1 unspecified atom stereocenters. The first-order valence-electron chi connectivity index (χ1n) is 6.75. The zero-order valence-electron chi connectivity index (χ0n) is 11.9.